The second kappa shape index (κ2) is 8.38. The van der Waals surface area contributed by atoms with Gasteiger partial charge in [-0.05, 0) is 47.9 Å². The lowest BCUT2D eigenvalue weighted by Gasteiger charge is -2.32. The average molecular weight is 454 g/mol. The molecule has 0 N–H and O–H groups in total. The zero-order valence-electron chi connectivity index (χ0n) is 17.6. The number of rotatable bonds is 4. The largest absolute Gasteiger partial charge is 0.484 e. The average Bonchev–Trinajstić information content (AvgIpc) is 3.25. The summed E-state index contributed by atoms with van der Waals surface area (Å²) in [7, 11) is 0. The van der Waals surface area contributed by atoms with E-state index in [9.17, 15) is 18.0 Å². The van der Waals surface area contributed by atoms with Gasteiger partial charge in [0.05, 0.1) is 5.56 Å². The monoisotopic (exact) mass is 454 g/mol. The van der Waals surface area contributed by atoms with Gasteiger partial charge in [0.25, 0.3) is 5.91 Å². The van der Waals surface area contributed by atoms with Crippen molar-refractivity contribution in [3.63, 3.8) is 0 Å². The van der Waals surface area contributed by atoms with E-state index >= 15 is 0 Å². The van der Waals surface area contributed by atoms with Crippen molar-refractivity contribution >= 4 is 22.3 Å². The third-order valence-electron chi connectivity index (χ3n) is 5.98. The number of alkyl halides is 3. The second-order valence-corrected chi connectivity index (χ2v) is 8.18. The van der Waals surface area contributed by atoms with Crippen LogP contribution in [0.5, 0.6) is 5.75 Å². The molecule has 33 heavy (non-hydrogen) atoms. The van der Waals surface area contributed by atoms with Gasteiger partial charge in [0.2, 0.25) is 0 Å². The summed E-state index contributed by atoms with van der Waals surface area (Å²) in [6.45, 7) is 0.821. The Balaban J connectivity index is 1.28. The van der Waals surface area contributed by atoms with E-state index in [4.69, 9.17) is 4.74 Å². The summed E-state index contributed by atoms with van der Waals surface area (Å²) >= 11 is 0. The molecule has 0 spiro atoms. The normalized spacial score (nSPS) is 16.9. The molecule has 1 atom stereocenters. The first-order chi connectivity index (χ1) is 15.9. The Kier molecular flexibility index (Phi) is 5.39. The van der Waals surface area contributed by atoms with Crippen molar-refractivity contribution in [3.05, 3.63) is 72.2 Å². The van der Waals surface area contributed by atoms with Crippen LogP contribution in [0.4, 0.5) is 13.2 Å². The number of carbonyl (C=O) groups excluding carboxylic acids is 1. The molecule has 0 radical (unpaired) electrons. The highest BCUT2D eigenvalue weighted by Gasteiger charge is 2.32. The maximum atomic E-state index is 13.2. The molecule has 6 nitrogen and oxygen atoms in total. The molecular weight excluding hydrogens is 433 g/mol. The first-order valence-corrected chi connectivity index (χ1v) is 10.7. The summed E-state index contributed by atoms with van der Waals surface area (Å²) in [6, 6.07) is 15.8. The summed E-state index contributed by atoms with van der Waals surface area (Å²) in [5.74, 6) is 0.669. The molecule has 5 rings (SSSR count). The minimum atomic E-state index is -4.45. The molecule has 3 heterocycles. The van der Waals surface area contributed by atoms with Crippen LogP contribution in [-0.4, -0.2) is 45.1 Å². The Labute approximate surface area is 187 Å². The second-order valence-electron chi connectivity index (χ2n) is 8.18. The fourth-order valence-corrected chi connectivity index (χ4v) is 4.26. The molecule has 1 amide bonds. The topological polar surface area (TPSA) is 59.7 Å². The number of pyridine rings is 1. The summed E-state index contributed by atoms with van der Waals surface area (Å²) in [4.78, 5) is 14.5. The van der Waals surface area contributed by atoms with E-state index in [1.165, 1.54) is 10.5 Å². The minimum Gasteiger partial charge on any atom is -0.484 e. The number of piperidine rings is 1. The zero-order valence-corrected chi connectivity index (χ0v) is 17.6. The van der Waals surface area contributed by atoms with Crippen LogP contribution < -0.4 is 4.74 Å². The maximum absolute atomic E-state index is 13.2. The van der Waals surface area contributed by atoms with Crippen LogP contribution in [0.3, 0.4) is 0 Å². The van der Waals surface area contributed by atoms with Crippen LogP contribution >= 0.6 is 0 Å². The number of ether oxygens (including phenoxy) is 1. The third-order valence-corrected chi connectivity index (χ3v) is 5.98. The molecule has 1 aliphatic rings. The number of carbonyl (C=O) groups is 1. The van der Waals surface area contributed by atoms with Crippen molar-refractivity contribution in [2.75, 3.05) is 19.7 Å². The highest BCUT2D eigenvalue weighted by atomic mass is 19.4. The van der Waals surface area contributed by atoms with Gasteiger partial charge in [0.1, 0.15) is 11.6 Å². The molecule has 4 aromatic rings. The van der Waals surface area contributed by atoms with Gasteiger partial charge in [0.15, 0.2) is 12.3 Å². The quantitative estimate of drug-likeness (QED) is 0.449. The Morgan fingerprint density at radius 1 is 1.06 bits per heavy atom. The van der Waals surface area contributed by atoms with E-state index in [-0.39, 0.29) is 18.4 Å². The SMILES string of the molecule is O=C(COc1ccc2ccccc2c1)N1CCC[C@H](c2nnc3ccc(C(F)(F)F)cn23)C1. The summed E-state index contributed by atoms with van der Waals surface area (Å²) in [6.07, 6.45) is -1.99. The van der Waals surface area contributed by atoms with Crippen LogP contribution in [-0.2, 0) is 11.0 Å². The zero-order chi connectivity index (χ0) is 23.0. The molecule has 1 fully saturated rings. The molecule has 2 aromatic carbocycles. The number of aromatic nitrogens is 3. The van der Waals surface area contributed by atoms with Crippen molar-refractivity contribution in [2.24, 2.45) is 0 Å². The molecule has 1 aliphatic heterocycles. The Hall–Kier alpha value is -3.62. The lowest BCUT2D eigenvalue weighted by atomic mass is 9.97. The molecule has 0 aliphatic carbocycles. The highest BCUT2D eigenvalue weighted by Crippen LogP contribution is 2.31. The Bertz CT molecular complexity index is 1320. The molecular formula is C24H21F3N4O2. The van der Waals surface area contributed by atoms with E-state index in [1.54, 1.807) is 4.90 Å². The van der Waals surface area contributed by atoms with E-state index in [0.717, 1.165) is 29.5 Å². The van der Waals surface area contributed by atoms with E-state index < -0.39 is 11.7 Å². The predicted molar refractivity (Wildman–Crippen MR) is 116 cm³/mol. The molecule has 0 bridgehead atoms. The molecule has 0 unspecified atom stereocenters. The predicted octanol–water partition coefficient (Wildman–Crippen LogP) is 4.69. The molecule has 2 aromatic heterocycles. The molecule has 9 heteroatoms. The van der Waals surface area contributed by atoms with Crippen LogP contribution in [0.1, 0.15) is 30.1 Å². The number of amides is 1. The fraction of sp³-hybridized carbons (Fsp3) is 0.292. The van der Waals surface area contributed by atoms with Crippen molar-refractivity contribution in [2.45, 2.75) is 24.9 Å². The third kappa shape index (κ3) is 4.35. The smallest absolute Gasteiger partial charge is 0.417 e. The first kappa shape index (κ1) is 21.2. The Morgan fingerprint density at radius 3 is 2.70 bits per heavy atom. The van der Waals surface area contributed by atoms with Gasteiger partial charge in [-0.1, -0.05) is 30.3 Å². The first-order valence-electron chi connectivity index (χ1n) is 10.7. The summed E-state index contributed by atoms with van der Waals surface area (Å²) in [5.41, 5.74) is -0.412. The maximum Gasteiger partial charge on any atom is 0.417 e. The standard InChI is InChI=1S/C24H21F3N4O2/c25-24(26,27)19-8-10-21-28-29-23(31(21)14-19)18-6-3-11-30(13-18)22(32)15-33-20-9-7-16-4-1-2-5-17(16)12-20/h1-2,4-5,7-10,12,14,18H,3,6,11,13,15H2/t18-/m0/s1. The number of hydrogen-bond donors (Lipinski definition) is 0. The molecule has 1 saturated heterocycles. The van der Waals surface area contributed by atoms with Crippen molar-refractivity contribution in [1.82, 2.24) is 19.5 Å². The van der Waals surface area contributed by atoms with Crippen LogP contribution in [0.2, 0.25) is 0 Å². The van der Waals surface area contributed by atoms with Crippen LogP contribution in [0, 0.1) is 0 Å². The summed E-state index contributed by atoms with van der Waals surface area (Å²) < 4.78 is 46.6. The lowest BCUT2D eigenvalue weighted by Crippen LogP contribution is -2.42. The summed E-state index contributed by atoms with van der Waals surface area (Å²) in [5, 5.41) is 10.3. The number of benzene rings is 2. The van der Waals surface area contributed by atoms with Crippen LogP contribution in [0.25, 0.3) is 16.4 Å². The van der Waals surface area contributed by atoms with Gasteiger partial charge in [-0.25, -0.2) is 0 Å². The number of likely N-dealkylation sites (tertiary alicyclic amines) is 1. The van der Waals surface area contributed by atoms with Gasteiger partial charge in [-0.3, -0.25) is 9.20 Å². The van der Waals surface area contributed by atoms with Crippen molar-refractivity contribution in [1.29, 1.82) is 0 Å². The number of hydrogen-bond acceptors (Lipinski definition) is 4. The minimum absolute atomic E-state index is 0.107. The molecule has 0 saturated carbocycles. The fourth-order valence-electron chi connectivity index (χ4n) is 4.26. The van der Waals surface area contributed by atoms with Gasteiger partial charge < -0.3 is 9.64 Å². The number of nitrogens with zero attached hydrogens (tertiary/aromatic N) is 4. The van der Waals surface area contributed by atoms with Gasteiger partial charge in [0, 0.05) is 25.2 Å². The van der Waals surface area contributed by atoms with Crippen LogP contribution in [0.15, 0.2) is 60.8 Å². The number of fused-ring (bicyclic) bond motifs is 2. The lowest BCUT2D eigenvalue weighted by molar-refractivity contribution is -0.138. The Morgan fingerprint density at radius 2 is 1.88 bits per heavy atom. The highest BCUT2D eigenvalue weighted by molar-refractivity contribution is 5.84. The van der Waals surface area contributed by atoms with E-state index in [0.29, 0.717) is 36.7 Å². The van der Waals surface area contributed by atoms with E-state index in [2.05, 4.69) is 10.2 Å². The van der Waals surface area contributed by atoms with E-state index in [1.807, 2.05) is 42.5 Å². The van der Waals surface area contributed by atoms with Gasteiger partial charge in [-0.2, -0.15) is 13.2 Å². The molecule has 170 valence electrons. The van der Waals surface area contributed by atoms with Gasteiger partial charge >= 0.3 is 6.18 Å². The van der Waals surface area contributed by atoms with Crippen molar-refractivity contribution in [3.8, 4) is 5.75 Å². The van der Waals surface area contributed by atoms with Crippen molar-refractivity contribution < 1.29 is 22.7 Å². The number of halogens is 3. The van der Waals surface area contributed by atoms with Gasteiger partial charge in [-0.15, -0.1) is 10.2 Å².